The standard InChI is InChI=1S/C23H23NO2/c25-22(23-24-17-18-26-23)12-8-3-1-2-5-9-19-13-15-21(16-14-19)20-10-6-4-7-11-20/h4-7,9-11,13-18H,1-3,8,12H2/b9-5+. The van der Waals surface area contributed by atoms with Crippen LogP contribution in [-0.2, 0) is 0 Å². The van der Waals surface area contributed by atoms with Crippen molar-refractivity contribution in [3.63, 3.8) is 0 Å². The van der Waals surface area contributed by atoms with Crippen LogP contribution in [0.2, 0.25) is 0 Å². The Balaban J connectivity index is 1.36. The number of aromatic nitrogens is 1. The van der Waals surface area contributed by atoms with Crippen LogP contribution in [0, 0.1) is 0 Å². The average Bonchev–Trinajstić information content (AvgIpc) is 3.23. The van der Waals surface area contributed by atoms with E-state index in [1.165, 1.54) is 29.2 Å². The Hall–Kier alpha value is -2.94. The van der Waals surface area contributed by atoms with Gasteiger partial charge in [0.2, 0.25) is 5.78 Å². The first-order chi connectivity index (χ1) is 12.8. The summed E-state index contributed by atoms with van der Waals surface area (Å²) in [6.45, 7) is 0. The Morgan fingerprint density at radius 3 is 2.42 bits per heavy atom. The molecule has 0 spiro atoms. The fourth-order valence-electron chi connectivity index (χ4n) is 2.83. The number of carbonyl (C=O) groups excluding carboxylic acids is 1. The molecule has 3 heteroatoms. The first kappa shape index (κ1) is 17.9. The molecule has 0 saturated carbocycles. The van der Waals surface area contributed by atoms with E-state index in [4.69, 9.17) is 4.42 Å². The van der Waals surface area contributed by atoms with Gasteiger partial charge in [-0.3, -0.25) is 4.79 Å². The Morgan fingerprint density at radius 2 is 1.69 bits per heavy atom. The van der Waals surface area contributed by atoms with E-state index in [1.807, 2.05) is 6.07 Å². The number of allylic oxidation sites excluding steroid dienone is 1. The molecule has 0 aliphatic carbocycles. The van der Waals surface area contributed by atoms with Gasteiger partial charge in [0.1, 0.15) is 6.26 Å². The number of carbonyl (C=O) groups is 1. The minimum Gasteiger partial charge on any atom is -0.442 e. The van der Waals surface area contributed by atoms with Gasteiger partial charge in [0.05, 0.1) is 6.20 Å². The molecule has 0 aliphatic heterocycles. The molecule has 3 rings (SSSR count). The Bertz CT molecular complexity index is 818. The molecule has 0 fully saturated rings. The van der Waals surface area contributed by atoms with Crippen molar-refractivity contribution in [2.24, 2.45) is 0 Å². The van der Waals surface area contributed by atoms with Gasteiger partial charge in [-0.1, -0.05) is 73.2 Å². The topological polar surface area (TPSA) is 43.1 Å². The van der Waals surface area contributed by atoms with Gasteiger partial charge >= 0.3 is 0 Å². The Morgan fingerprint density at radius 1 is 0.923 bits per heavy atom. The minimum absolute atomic E-state index is 0.0101. The van der Waals surface area contributed by atoms with Gasteiger partial charge in [-0.05, 0) is 36.0 Å². The number of oxazole rings is 1. The van der Waals surface area contributed by atoms with Crippen LogP contribution in [0.4, 0.5) is 0 Å². The predicted molar refractivity (Wildman–Crippen MR) is 105 cm³/mol. The van der Waals surface area contributed by atoms with E-state index in [-0.39, 0.29) is 11.7 Å². The quantitative estimate of drug-likeness (QED) is 0.343. The molecule has 0 aliphatic rings. The number of unbranched alkanes of at least 4 members (excludes halogenated alkanes) is 3. The molecule has 26 heavy (non-hydrogen) atoms. The second kappa shape index (κ2) is 9.52. The third-order valence-electron chi connectivity index (χ3n) is 4.27. The molecule has 0 radical (unpaired) electrons. The lowest BCUT2D eigenvalue weighted by Gasteiger charge is -2.02. The maximum Gasteiger partial charge on any atom is 0.263 e. The number of rotatable bonds is 9. The lowest BCUT2D eigenvalue weighted by molar-refractivity contribution is 0.0945. The number of ketones is 1. The minimum atomic E-state index is -0.0101. The predicted octanol–water partition coefficient (Wildman–Crippen LogP) is 6.19. The molecule has 3 nitrogen and oxygen atoms in total. The number of hydrogen-bond donors (Lipinski definition) is 0. The SMILES string of the molecule is O=C(CCCCC/C=C/c1ccc(-c2ccccc2)cc1)c1ncco1. The largest absolute Gasteiger partial charge is 0.442 e. The lowest BCUT2D eigenvalue weighted by atomic mass is 10.0. The van der Waals surface area contributed by atoms with Crippen LogP contribution < -0.4 is 0 Å². The second-order valence-electron chi connectivity index (χ2n) is 6.25. The zero-order valence-corrected chi connectivity index (χ0v) is 14.8. The number of nitrogens with zero attached hydrogens (tertiary/aromatic N) is 1. The van der Waals surface area contributed by atoms with Crippen molar-refractivity contribution in [1.29, 1.82) is 0 Å². The summed E-state index contributed by atoms with van der Waals surface area (Å²) in [7, 11) is 0. The average molecular weight is 345 g/mol. The van der Waals surface area contributed by atoms with Gasteiger partial charge in [0.25, 0.3) is 5.89 Å². The normalized spacial score (nSPS) is 11.1. The van der Waals surface area contributed by atoms with E-state index in [0.717, 1.165) is 25.7 Å². The van der Waals surface area contributed by atoms with Gasteiger partial charge < -0.3 is 4.42 Å². The van der Waals surface area contributed by atoms with Gasteiger partial charge in [-0.2, -0.15) is 0 Å². The van der Waals surface area contributed by atoms with Gasteiger partial charge in [0.15, 0.2) is 0 Å². The molecule has 0 amide bonds. The maximum atomic E-state index is 11.7. The smallest absolute Gasteiger partial charge is 0.263 e. The van der Waals surface area contributed by atoms with Gasteiger partial charge in [-0.15, -0.1) is 0 Å². The highest BCUT2D eigenvalue weighted by atomic mass is 16.3. The van der Waals surface area contributed by atoms with Crippen molar-refractivity contribution >= 4 is 11.9 Å². The summed E-state index contributed by atoms with van der Waals surface area (Å²) in [6, 6.07) is 19.0. The first-order valence-electron chi connectivity index (χ1n) is 9.07. The fourth-order valence-corrected chi connectivity index (χ4v) is 2.83. The molecule has 1 aromatic heterocycles. The zero-order valence-electron chi connectivity index (χ0n) is 14.8. The maximum absolute atomic E-state index is 11.7. The molecule has 0 N–H and O–H groups in total. The monoisotopic (exact) mass is 345 g/mol. The van der Waals surface area contributed by atoms with E-state index in [1.54, 1.807) is 0 Å². The van der Waals surface area contributed by atoms with E-state index in [2.05, 4.69) is 65.7 Å². The molecule has 1 heterocycles. The molecule has 0 atom stereocenters. The van der Waals surface area contributed by atoms with Crippen LogP contribution in [0.3, 0.4) is 0 Å². The van der Waals surface area contributed by atoms with E-state index < -0.39 is 0 Å². The van der Waals surface area contributed by atoms with Crippen molar-refractivity contribution in [1.82, 2.24) is 4.98 Å². The molecule has 3 aromatic rings. The van der Waals surface area contributed by atoms with Crippen molar-refractivity contribution < 1.29 is 9.21 Å². The number of benzene rings is 2. The number of Topliss-reactive ketones (excluding diaryl/α,β-unsaturated/α-hetero) is 1. The first-order valence-corrected chi connectivity index (χ1v) is 9.07. The third kappa shape index (κ3) is 5.28. The molecule has 0 unspecified atom stereocenters. The van der Waals surface area contributed by atoms with Crippen LogP contribution in [-0.4, -0.2) is 10.8 Å². The summed E-state index contributed by atoms with van der Waals surface area (Å²) in [6.07, 6.45) is 11.8. The lowest BCUT2D eigenvalue weighted by Crippen LogP contribution is -1.98. The van der Waals surface area contributed by atoms with Crippen LogP contribution in [0.15, 0.2) is 77.6 Å². The summed E-state index contributed by atoms with van der Waals surface area (Å²) in [5.41, 5.74) is 3.68. The molecule has 0 saturated heterocycles. The summed E-state index contributed by atoms with van der Waals surface area (Å²) in [5.74, 6) is 0.216. The van der Waals surface area contributed by atoms with Gasteiger partial charge in [0, 0.05) is 6.42 Å². The molecule has 0 bridgehead atoms. The van der Waals surface area contributed by atoms with E-state index >= 15 is 0 Å². The molecular formula is C23H23NO2. The molecular weight excluding hydrogens is 322 g/mol. The van der Waals surface area contributed by atoms with Crippen molar-refractivity contribution in [2.75, 3.05) is 0 Å². The summed E-state index contributed by atoms with van der Waals surface area (Å²) >= 11 is 0. The summed E-state index contributed by atoms with van der Waals surface area (Å²) in [4.78, 5) is 15.6. The van der Waals surface area contributed by atoms with Crippen LogP contribution in [0.1, 0.15) is 48.4 Å². The summed E-state index contributed by atoms with van der Waals surface area (Å²) < 4.78 is 5.00. The highest BCUT2D eigenvalue weighted by Gasteiger charge is 2.09. The third-order valence-corrected chi connectivity index (χ3v) is 4.27. The van der Waals surface area contributed by atoms with E-state index in [0.29, 0.717) is 6.42 Å². The Kier molecular flexibility index (Phi) is 6.54. The van der Waals surface area contributed by atoms with Crippen molar-refractivity contribution in [3.8, 4) is 11.1 Å². The zero-order chi connectivity index (χ0) is 18.0. The van der Waals surface area contributed by atoms with Crippen LogP contribution >= 0.6 is 0 Å². The van der Waals surface area contributed by atoms with Crippen LogP contribution in [0.25, 0.3) is 17.2 Å². The van der Waals surface area contributed by atoms with Crippen molar-refractivity contribution in [2.45, 2.75) is 32.1 Å². The summed E-state index contributed by atoms with van der Waals surface area (Å²) in [5, 5.41) is 0. The van der Waals surface area contributed by atoms with E-state index in [9.17, 15) is 4.79 Å². The van der Waals surface area contributed by atoms with Gasteiger partial charge in [-0.25, -0.2) is 4.98 Å². The highest BCUT2D eigenvalue weighted by molar-refractivity contribution is 5.91. The Labute approximate surface area is 154 Å². The van der Waals surface area contributed by atoms with Crippen LogP contribution in [0.5, 0.6) is 0 Å². The number of hydrogen-bond acceptors (Lipinski definition) is 3. The molecule has 132 valence electrons. The fraction of sp³-hybridized carbons (Fsp3) is 0.217. The highest BCUT2D eigenvalue weighted by Crippen LogP contribution is 2.19. The van der Waals surface area contributed by atoms with Crippen molar-refractivity contribution in [3.05, 3.63) is 84.6 Å². The molecule has 2 aromatic carbocycles. The second-order valence-corrected chi connectivity index (χ2v) is 6.25.